The van der Waals surface area contributed by atoms with Gasteiger partial charge in [0, 0.05) is 30.1 Å². The Morgan fingerprint density at radius 1 is 0.848 bits per heavy atom. The van der Waals surface area contributed by atoms with E-state index in [1.165, 1.54) is 0 Å². The molecule has 4 aliphatic carbocycles. The van der Waals surface area contributed by atoms with Gasteiger partial charge in [-0.05, 0) is 67.6 Å². The van der Waals surface area contributed by atoms with E-state index in [0.717, 1.165) is 25.7 Å². The van der Waals surface area contributed by atoms with Gasteiger partial charge in [-0.25, -0.2) is 0 Å². The first-order valence-corrected chi connectivity index (χ1v) is 13.5. The van der Waals surface area contributed by atoms with Crippen LogP contribution in [0.15, 0.2) is 0 Å². The number of aliphatic hydroxyl groups excluding tert-OH is 3. The average molecular weight is 465 g/mol. The molecule has 0 bridgehead atoms. The molecule has 6 aliphatic rings. The maximum atomic E-state index is 11.7. The monoisotopic (exact) mass is 464 g/mol. The van der Waals surface area contributed by atoms with E-state index in [-0.39, 0.29) is 34.9 Å². The Bertz CT molecular complexity index is 805. The summed E-state index contributed by atoms with van der Waals surface area (Å²) >= 11 is 0. The predicted molar refractivity (Wildman–Crippen MR) is 122 cm³/mol. The normalized spacial score (nSPS) is 64.7. The molecule has 1 spiro atoms. The van der Waals surface area contributed by atoms with Crippen molar-refractivity contribution in [3.63, 3.8) is 0 Å². The molecule has 14 atom stereocenters. The molecule has 4 N–H and O–H groups in total. The van der Waals surface area contributed by atoms with Crippen molar-refractivity contribution in [3.05, 3.63) is 0 Å². The zero-order valence-electron chi connectivity index (χ0n) is 20.7. The molecule has 0 aromatic heterocycles. The highest BCUT2D eigenvalue weighted by Gasteiger charge is 2.71. The summed E-state index contributed by atoms with van der Waals surface area (Å²) in [5.41, 5.74) is -1.07. The van der Waals surface area contributed by atoms with Crippen LogP contribution in [0.2, 0.25) is 0 Å². The number of hydrogen-bond donors (Lipinski definition) is 4. The van der Waals surface area contributed by atoms with Crippen LogP contribution in [0.25, 0.3) is 0 Å². The maximum Gasteiger partial charge on any atom is 0.174 e. The lowest BCUT2D eigenvalue weighted by Crippen LogP contribution is -2.65. The SMILES string of the molecule is C[C@H]1CO[C@]2(C[C@@H]1O)O[C@H]1C[C@H]3[C@@H]4CC[C@]5(O)C[C@@H](O)[C@H](O)C[C@]5(C)[C@H]4CC[C@]3(C)[C@H]1[C@@H]2C. The van der Waals surface area contributed by atoms with Gasteiger partial charge in [0.15, 0.2) is 5.79 Å². The Kier molecular flexibility index (Phi) is 5.03. The van der Waals surface area contributed by atoms with Crippen molar-refractivity contribution in [3.8, 4) is 0 Å². The van der Waals surface area contributed by atoms with Crippen LogP contribution < -0.4 is 0 Å². The molecule has 2 saturated heterocycles. The highest BCUT2D eigenvalue weighted by Crippen LogP contribution is 2.71. The second kappa shape index (κ2) is 7.17. The van der Waals surface area contributed by atoms with Crippen molar-refractivity contribution in [1.82, 2.24) is 0 Å². The summed E-state index contributed by atoms with van der Waals surface area (Å²) in [6, 6.07) is 0. The van der Waals surface area contributed by atoms with Gasteiger partial charge in [0.05, 0.1) is 36.6 Å². The summed E-state index contributed by atoms with van der Waals surface area (Å²) < 4.78 is 13.1. The third kappa shape index (κ3) is 2.88. The number of aliphatic hydroxyl groups is 4. The molecule has 33 heavy (non-hydrogen) atoms. The molecular formula is C27H44O6. The van der Waals surface area contributed by atoms with Crippen molar-refractivity contribution >= 4 is 0 Å². The van der Waals surface area contributed by atoms with Gasteiger partial charge in [-0.15, -0.1) is 0 Å². The minimum atomic E-state index is -0.883. The van der Waals surface area contributed by atoms with Gasteiger partial charge in [-0.1, -0.05) is 27.7 Å². The van der Waals surface area contributed by atoms with E-state index in [4.69, 9.17) is 9.47 Å². The van der Waals surface area contributed by atoms with Gasteiger partial charge in [0.2, 0.25) is 0 Å². The van der Waals surface area contributed by atoms with E-state index < -0.39 is 23.6 Å². The third-order valence-corrected chi connectivity index (χ3v) is 12.2. The fourth-order valence-electron chi connectivity index (χ4n) is 10.3. The Morgan fingerprint density at radius 2 is 1.58 bits per heavy atom. The Morgan fingerprint density at radius 3 is 2.30 bits per heavy atom. The highest BCUT2D eigenvalue weighted by atomic mass is 16.7. The first-order valence-electron chi connectivity index (χ1n) is 13.5. The molecule has 4 saturated carbocycles. The van der Waals surface area contributed by atoms with E-state index in [1.807, 2.05) is 6.92 Å². The molecular weight excluding hydrogens is 420 g/mol. The van der Waals surface area contributed by atoms with Crippen LogP contribution in [-0.4, -0.2) is 62.8 Å². The summed E-state index contributed by atoms with van der Waals surface area (Å²) in [6.07, 6.45) is 4.48. The second-order valence-electron chi connectivity index (χ2n) is 13.5. The van der Waals surface area contributed by atoms with Crippen LogP contribution in [0.5, 0.6) is 0 Å². The largest absolute Gasteiger partial charge is 0.393 e. The molecule has 2 aliphatic heterocycles. The molecule has 6 heteroatoms. The molecule has 0 amide bonds. The van der Waals surface area contributed by atoms with E-state index >= 15 is 0 Å². The van der Waals surface area contributed by atoms with Crippen molar-refractivity contribution in [2.75, 3.05) is 6.61 Å². The Labute approximate surface area is 198 Å². The molecule has 0 aromatic rings. The van der Waals surface area contributed by atoms with Crippen LogP contribution in [-0.2, 0) is 9.47 Å². The van der Waals surface area contributed by atoms with E-state index in [1.54, 1.807) is 0 Å². The van der Waals surface area contributed by atoms with Crippen molar-refractivity contribution in [2.24, 2.45) is 46.3 Å². The fraction of sp³-hybridized carbons (Fsp3) is 1.00. The quantitative estimate of drug-likeness (QED) is 0.440. The first-order chi connectivity index (χ1) is 15.4. The zero-order chi connectivity index (χ0) is 23.6. The van der Waals surface area contributed by atoms with Gasteiger partial charge in [0.1, 0.15) is 0 Å². The zero-order valence-corrected chi connectivity index (χ0v) is 20.7. The third-order valence-electron chi connectivity index (χ3n) is 12.2. The van der Waals surface area contributed by atoms with Crippen LogP contribution in [0.3, 0.4) is 0 Å². The van der Waals surface area contributed by atoms with E-state index in [2.05, 4.69) is 20.8 Å². The van der Waals surface area contributed by atoms with Crippen molar-refractivity contribution in [2.45, 2.75) is 115 Å². The molecule has 0 radical (unpaired) electrons. The average Bonchev–Trinajstić information content (AvgIpc) is 3.18. The number of hydrogen-bond acceptors (Lipinski definition) is 6. The van der Waals surface area contributed by atoms with Crippen LogP contribution >= 0.6 is 0 Å². The number of rotatable bonds is 0. The maximum absolute atomic E-state index is 11.7. The Balaban J connectivity index is 1.28. The molecule has 6 fully saturated rings. The lowest BCUT2D eigenvalue weighted by atomic mass is 9.42. The summed E-state index contributed by atoms with van der Waals surface area (Å²) in [4.78, 5) is 0. The smallest absolute Gasteiger partial charge is 0.174 e. The molecule has 2 heterocycles. The summed E-state index contributed by atoms with van der Waals surface area (Å²) in [5, 5.41) is 43.2. The summed E-state index contributed by atoms with van der Waals surface area (Å²) in [7, 11) is 0. The molecule has 6 nitrogen and oxygen atoms in total. The highest BCUT2D eigenvalue weighted by molar-refractivity contribution is 5.18. The first kappa shape index (κ1) is 23.2. The fourth-order valence-corrected chi connectivity index (χ4v) is 10.3. The van der Waals surface area contributed by atoms with Gasteiger partial charge >= 0.3 is 0 Å². The second-order valence-corrected chi connectivity index (χ2v) is 13.5. The van der Waals surface area contributed by atoms with Crippen LogP contribution in [0.4, 0.5) is 0 Å². The topological polar surface area (TPSA) is 99.4 Å². The lowest BCUT2D eigenvalue weighted by molar-refractivity contribution is -0.291. The van der Waals surface area contributed by atoms with Gasteiger partial charge in [-0.3, -0.25) is 0 Å². The number of ether oxygens (including phenoxy) is 2. The van der Waals surface area contributed by atoms with E-state index in [9.17, 15) is 20.4 Å². The summed E-state index contributed by atoms with van der Waals surface area (Å²) in [5.74, 6) is 1.62. The van der Waals surface area contributed by atoms with Crippen molar-refractivity contribution in [1.29, 1.82) is 0 Å². The Hall–Kier alpha value is -0.240. The lowest BCUT2D eigenvalue weighted by Gasteiger charge is -2.64. The minimum absolute atomic E-state index is 0.150. The minimum Gasteiger partial charge on any atom is -0.393 e. The summed E-state index contributed by atoms with van der Waals surface area (Å²) in [6.45, 7) is 9.54. The van der Waals surface area contributed by atoms with Gasteiger partial charge in [0.25, 0.3) is 0 Å². The van der Waals surface area contributed by atoms with Gasteiger partial charge in [-0.2, -0.15) is 0 Å². The van der Waals surface area contributed by atoms with Gasteiger partial charge < -0.3 is 29.9 Å². The molecule has 6 rings (SSSR count). The van der Waals surface area contributed by atoms with Crippen molar-refractivity contribution < 1.29 is 29.9 Å². The molecule has 188 valence electrons. The van der Waals surface area contributed by atoms with E-state index in [0.29, 0.717) is 56.0 Å². The molecule has 0 unspecified atom stereocenters. The van der Waals surface area contributed by atoms with Crippen LogP contribution in [0, 0.1) is 46.3 Å². The number of fused-ring (bicyclic) bond motifs is 7. The predicted octanol–water partition coefficient (Wildman–Crippen LogP) is 2.85. The molecule has 0 aromatic carbocycles. The van der Waals surface area contributed by atoms with Crippen LogP contribution in [0.1, 0.15) is 79.1 Å². The standard InChI is InChI=1S/C27H44O6/c1-14-13-32-27(12-19(14)28)15(2)23-22(33-27)9-18-16-5-8-26(31)11-21(30)20(29)10-25(26,4)17(16)6-7-24(18,23)3/h14-23,28-31H,5-13H2,1-4H3/t14-,15-,16+,17-,18-,19-,20+,21+,22-,23-,24-,25+,26-,27+/m0/s1.